The predicted octanol–water partition coefficient (Wildman–Crippen LogP) is 4.38. The van der Waals surface area contributed by atoms with Crippen LogP contribution in [-0.4, -0.2) is 23.4 Å². The van der Waals surface area contributed by atoms with Crippen molar-refractivity contribution in [3.63, 3.8) is 0 Å². The zero-order valence-corrected chi connectivity index (χ0v) is 19.1. The Morgan fingerprint density at radius 2 is 2.03 bits per heavy atom. The molecule has 0 saturated carbocycles. The standard InChI is InChI=1S/C21H18IN3O6/c1-4-30-19-10-14(9-17(22)20(19)31-13(3)26)8-15(11-23)21(27)24-18-6-5-16(25(28)29)7-12(18)2/h5-10H,4H2,1-3H3,(H,24,27)/b15-8+. The SMILES string of the molecule is CCOc1cc(/C=C(\C#N)C(=O)Nc2ccc([N+](=O)[O-])cc2C)cc(I)c1OC(C)=O. The fraction of sp³-hybridized carbons (Fsp3) is 0.190. The number of ether oxygens (including phenoxy) is 2. The Kier molecular flexibility index (Phi) is 8.09. The zero-order valence-electron chi connectivity index (χ0n) is 16.9. The number of nitro groups is 1. The van der Waals surface area contributed by atoms with E-state index in [1.807, 2.05) is 28.7 Å². The number of aryl methyl sites for hydroxylation is 1. The summed E-state index contributed by atoms with van der Waals surface area (Å²) >= 11 is 1.97. The van der Waals surface area contributed by atoms with Gasteiger partial charge in [-0.2, -0.15) is 5.26 Å². The van der Waals surface area contributed by atoms with Crippen molar-refractivity contribution in [2.45, 2.75) is 20.8 Å². The molecular formula is C21H18IN3O6. The second kappa shape index (κ2) is 10.5. The first-order valence-electron chi connectivity index (χ1n) is 8.99. The number of carbonyl (C=O) groups excluding carboxylic acids is 2. The van der Waals surface area contributed by atoms with E-state index < -0.39 is 16.8 Å². The number of nitriles is 1. The first-order chi connectivity index (χ1) is 14.7. The van der Waals surface area contributed by atoms with E-state index in [0.717, 1.165) is 0 Å². The predicted molar refractivity (Wildman–Crippen MR) is 122 cm³/mol. The normalized spacial score (nSPS) is 10.7. The number of amides is 1. The summed E-state index contributed by atoms with van der Waals surface area (Å²) in [4.78, 5) is 34.3. The van der Waals surface area contributed by atoms with Crippen LogP contribution in [-0.2, 0) is 9.59 Å². The van der Waals surface area contributed by atoms with Crippen LogP contribution in [0.2, 0.25) is 0 Å². The molecule has 0 saturated heterocycles. The van der Waals surface area contributed by atoms with Gasteiger partial charge in [-0.15, -0.1) is 0 Å². The zero-order chi connectivity index (χ0) is 23.1. The van der Waals surface area contributed by atoms with Crippen LogP contribution in [0.25, 0.3) is 6.08 Å². The van der Waals surface area contributed by atoms with Gasteiger partial charge in [0.25, 0.3) is 11.6 Å². The highest BCUT2D eigenvalue weighted by atomic mass is 127. The van der Waals surface area contributed by atoms with Crippen LogP contribution in [0.3, 0.4) is 0 Å². The summed E-state index contributed by atoms with van der Waals surface area (Å²) in [5.74, 6) is -0.606. The quantitative estimate of drug-likeness (QED) is 0.106. The number of hydrogen-bond donors (Lipinski definition) is 1. The summed E-state index contributed by atoms with van der Waals surface area (Å²) < 4.78 is 11.3. The van der Waals surface area contributed by atoms with E-state index in [-0.39, 0.29) is 17.0 Å². The lowest BCUT2D eigenvalue weighted by molar-refractivity contribution is -0.384. The molecule has 2 rings (SSSR count). The minimum atomic E-state index is -0.670. The van der Waals surface area contributed by atoms with Crippen LogP contribution < -0.4 is 14.8 Å². The number of nitrogens with zero attached hydrogens (tertiary/aromatic N) is 2. The molecule has 0 aliphatic carbocycles. The molecule has 10 heteroatoms. The third kappa shape index (κ3) is 6.26. The topological polar surface area (TPSA) is 132 Å². The van der Waals surface area contributed by atoms with Crippen molar-refractivity contribution in [1.29, 1.82) is 5.26 Å². The highest BCUT2D eigenvalue weighted by Crippen LogP contribution is 2.35. The number of rotatable bonds is 7. The molecule has 2 aromatic rings. The molecule has 0 fully saturated rings. The lowest BCUT2D eigenvalue weighted by Crippen LogP contribution is -2.14. The van der Waals surface area contributed by atoms with Gasteiger partial charge < -0.3 is 14.8 Å². The van der Waals surface area contributed by atoms with E-state index in [0.29, 0.717) is 32.7 Å². The van der Waals surface area contributed by atoms with Crippen molar-refractivity contribution < 1.29 is 24.0 Å². The van der Waals surface area contributed by atoms with E-state index in [1.54, 1.807) is 26.0 Å². The Balaban J connectivity index is 2.36. The Labute approximate surface area is 191 Å². The van der Waals surface area contributed by atoms with Crippen molar-refractivity contribution in [1.82, 2.24) is 0 Å². The molecule has 160 valence electrons. The average Bonchev–Trinajstić information content (AvgIpc) is 2.70. The minimum Gasteiger partial charge on any atom is -0.490 e. The Bertz CT molecular complexity index is 1120. The number of carbonyl (C=O) groups is 2. The minimum absolute atomic E-state index is 0.0996. The van der Waals surface area contributed by atoms with Crippen molar-refractivity contribution in [2.24, 2.45) is 0 Å². The summed E-state index contributed by atoms with van der Waals surface area (Å²) in [7, 11) is 0. The molecule has 0 heterocycles. The molecule has 0 spiro atoms. The maximum Gasteiger partial charge on any atom is 0.308 e. The summed E-state index contributed by atoms with van der Waals surface area (Å²) in [6, 6.07) is 9.06. The van der Waals surface area contributed by atoms with Crippen LogP contribution >= 0.6 is 22.6 Å². The number of nitro benzene ring substituents is 1. The highest BCUT2D eigenvalue weighted by molar-refractivity contribution is 14.1. The van der Waals surface area contributed by atoms with Gasteiger partial charge in [0.1, 0.15) is 11.6 Å². The van der Waals surface area contributed by atoms with Gasteiger partial charge in [-0.05, 0) is 71.8 Å². The number of non-ortho nitro benzene ring substituents is 1. The monoisotopic (exact) mass is 535 g/mol. The number of benzene rings is 2. The molecule has 9 nitrogen and oxygen atoms in total. The van der Waals surface area contributed by atoms with Crippen molar-refractivity contribution in [3.8, 4) is 17.6 Å². The van der Waals surface area contributed by atoms with Crippen molar-refractivity contribution in [2.75, 3.05) is 11.9 Å². The largest absolute Gasteiger partial charge is 0.490 e. The number of halogens is 1. The van der Waals surface area contributed by atoms with Crippen LogP contribution in [0, 0.1) is 31.9 Å². The van der Waals surface area contributed by atoms with E-state index >= 15 is 0 Å². The molecular weight excluding hydrogens is 517 g/mol. The maximum absolute atomic E-state index is 12.6. The molecule has 0 aromatic heterocycles. The summed E-state index contributed by atoms with van der Waals surface area (Å²) in [6.45, 7) is 4.98. The summed E-state index contributed by atoms with van der Waals surface area (Å²) in [6.07, 6.45) is 1.37. The Hall–Kier alpha value is -3.46. The summed E-state index contributed by atoms with van der Waals surface area (Å²) in [5, 5.41) is 22.9. The second-order valence-electron chi connectivity index (χ2n) is 6.24. The lowest BCUT2D eigenvalue weighted by Gasteiger charge is -2.13. The Morgan fingerprint density at radius 3 is 2.58 bits per heavy atom. The molecule has 0 aliphatic rings. The molecule has 0 bridgehead atoms. The van der Waals surface area contributed by atoms with Crippen LogP contribution in [0.1, 0.15) is 25.0 Å². The average molecular weight is 535 g/mol. The lowest BCUT2D eigenvalue weighted by atomic mass is 10.1. The molecule has 0 unspecified atom stereocenters. The molecule has 1 amide bonds. The molecule has 0 aliphatic heterocycles. The summed E-state index contributed by atoms with van der Waals surface area (Å²) in [5.41, 5.74) is 1.05. The van der Waals surface area contributed by atoms with Crippen molar-refractivity contribution in [3.05, 3.63) is 60.7 Å². The van der Waals surface area contributed by atoms with E-state index in [9.17, 15) is 25.0 Å². The van der Waals surface area contributed by atoms with Crippen LogP contribution in [0.15, 0.2) is 35.9 Å². The van der Waals surface area contributed by atoms with E-state index in [4.69, 9.17) is 9.47 Å². The smallest absolute Gasteiger partial charge is 0.308 e. The van der Waals surface area contributed by atoms with Gasteiger partial charge in [-0.1, -0.05) is 0 Å². The third-order valence-corrected chi connectivity index (χ3v) is 4.72. The Morgan fingerprint density at radius 1 is 1.32 bits per heavy atom. The first kappa shape index (κ1) is 23.8. The third-order valence-electron chi connectivity index (χ3n) is 3.92. The van der Waals surface area contributed by atoms with Crippen LogP contribution in [0.5, 0.6) is 11.5 Å². The van der Waals surface area contributed by atoms with Crippen LogP contribution in [0.4, 0.5) is 11.4 Å². The van der Waals surface area contributed by atoms with Gasteiger partial charge in [0.15, 0.2) is 11.5 Å². The molecule has 31 heavy (non-hydrogen) atoms. The fourth-order valence-corrected chi connectivity index (χ4v) is 3.32. The van der Waals surface area contributed by atoms with Gasteiger partial charge in [0.2, 0.25) is 0 Å². The molecule has 0 atom stereocenters. The number of esters is 1. The van der Waals surface area contributed by atoms with Gasteiger partial charge in [0, 0.05) is 24.7 Å². The highest BCUT2D eigenvalue weighted by Gasteiger charge is 2.17. The molecule has 1 N–H and O–H groups in total. The van der Waals surface area contributed by atoms with Crippen molar-refractivity contribution >= 4 is 51.9 Å². The van der Waals surface area contributed by atoms with Gasteiger partial charge in [-0.3, -0.25) is 19.7 Å². The number of hydrogen-bond acceptors (Lipinski definition) is 7. The fourth-order valence-electron chi connectivity index (χ4n) is 2.58. The maximum atomic E-state index is 12.6. The first-order valence-corrected chi connectivity index (χ1v) is 10.1. The molecule has 2 aromatic carbocycles. The molecule has 0 radical (unpaired) electrons. The second-order valence-corrected chi connectivity index (χ2v) is 7.40. The van der Waals surface area contributed by atoms with E-state index in [2.05, 4.69) is 5.32 Å². The van der Waals surface area contributed by atoms with Gasteiger partial charge in [0.05, 0.1) is 15.1 Å². The number of anilines is 1. The number of nitrogens with one attached hydrogen (secondary N) is 1. The van der Waals surface area contributed by atoms with E-state index in [1.165, 1.54) is 31.2 Å². The van der Waals surface area contributed by atoms with Gasteiger partial charge >= 0.3 is 5.97 Å². The van der Waals surface area contributed by atoms with Gasteiger partial charge in [-0.25, -0.2) is 0 Å².